The van der Waals surface area contributed by atoms with Crippen LogP contribution in [0.1, 0.15) is 413 Å². The Hall–Kier alpha value is -2.36. The number of piperazine rings is 1. The van der Waals surface area contributed by atoms with E-state index in [0.29, 0.717) is 52.1 Å². The molecule has 0 spiro atoms. The van der Waals surface area contributed by atoms with Crippen LogP contribution in [0, 0.1) is 0 Å². The smallest absolute Gasteiger partial charge is 0.305 e. The Bertz CT molecular complexity index is 1520. The summed E-state index contributed by atoms with van der Waals surface area (Å²) < 4.78 is 11.1. The SMILES string of the molecule is CCCCCCCCCCCCCCC(O)CN(CCCCC(=O)OCCC1NC(=O)C(CCOC(=O)CCCCN(CC(O)CCCCCCCCCCCCCC)CC(O)CCCCCCCCCCCCCC)NC1=O)CC(O)CCCCCCCCCCCCCC. The molecular weight excluding hydrogens is 1200 g/mol. The molecule has 1 heterocycles. The first-order chi connectivity index (χ1) is 46.9. The molecule has 96 heavy (non-hydrogen) atoms. The number of carbonyl (C=O) groups is 4. The fourth-order valence-electron chi connectivity index (χ4n) is 14.0. The van der Waals surface area contributed by atoms with Crippen LogP contribution in [-0.4, -0.2) is 143 Å². The molecule has 0 bridgehead atoms. The summed E-state index contributed by atoms with van der Waals surface area (Å²) in [5.41, 5.74) is 0. The molecule has 0 aromatic carbocycles. The minimum atomic E-state index is -0.842. The third-order valence-corrected chi connectivity index (χ3v) is 20.3. The third-order valence-electron chi connectivity index (χ3n) is 20.3. The van der Waals surface area contributed by atoms with E-state index in [1.807, 2.05) is 0 Å². The molecule has 1 rings (SSSR count). The number of hydrogen-bond donors (Lipinski definition) is 6. The standard InChI is InChI=1S/C82H160N4O10/c1-5-9-13-17-21-25-29-33-37-41-45-49-57-73(87)69-85(70-74(88)58-50-46-42-38-34-30-26-22-18-14-10-6-2)65-55-53-61-79(91)95-67-63-77-81(93)84-78(82(94)83-77)64-68-96-80(92)62-54-56-66-86(71-75(89)59-51-47-43-39-35-31-27-23-19-15-11-7-3)72-76(90)60-52-48-44-40-36-32-28-24-20-16-12-8-4/h73-78,87-90H,5-72H2,1-4H3,(H,83,94)(H,84,93). The van der Waals surface area contributed by atoms with Gasteiger partial charge in [-0.05, 0) is 64.5 Å². The van der Waals surface area contributed by atoms with Gasteiger partial charge in [0.05, 0.1) is 37.6 Å². The summed E-state index contributed by atoms with van der Waals surface area (Å²) >= 11 is 0. The second-order valence-corrected chi connectivity index (χ2v) is 29.9. The van der Waals surface area contributed by atoms with E-state index in [1.54, 1.807) is 0 Å². The molecule has 1 aliphatic heterocycles. The van der Waals surface area contributed by atoms with Crippen LogP contribution in [0.5, 0.6) is 0 Å². The van der Waals surface area contributed by atoms with Gasteiger partial charge < -0.3 is 40.5 Å². The number of amides is 2. The molecule has 1 aliphatic rings. The lowest BCUT2D eigenvalue weighted by Crippen LogP contribution is -2.62. The zero-order valence-corrected chi connectivity index (χ0v) is 63.7. The first kappa shape index (κ1) is 91.7. The zero-order valence-electron chi connectivity index (χ0n) is 63.7. The van der Waals surface area contributed by atoms with Gasteiger partial charge in [0, 0.05) is 51.9 Å². The highest BCUT2D eigenvalue weighted by molar-refractivity contribution is 5.96. The van der Waals surface area contributed by atoms with E-state index >= 15 is 0 Å². The first-order valence-electron chi connectivity index (χ1n) is 42.0. The zero-order chi connectivity index (χ0) is 69.8. The monoisotopic (exact) mass is 1360 g/mol. The molecule has 568 valence electrons. The molecule has 1 saturated heterocycles. The number of ether oxygens (including phenoxy) is 2. The maximum absolute atomic E-state index is 13.1. The van der Waals surface area contributed by atoms with Crippen LogP contribution in [0.3, 0.4) is 0 Å². The molecule has 0 aliphatic carbocycles. The van der Waals surface area contributed by atoms with Gasteiger partial charge in [0.25, 0.3) is 0 Å². The summed E-state index contributed by atoms with van der Waals surface area (Å²) in [5, 5.41) is 50.1. The van der Waals surface area contributed by atoms with Crippen molar-refractivity contribution in [1.82, 2.24) is 20.4 Å². The van der Waals surface area contributed by atoms with Crippen molar-refractivity contribution in [3.05, 3.63) is 0 Å². The van der Waals surface area contributed by atoms with E-state index in [4.69, 9.17) is 9.47 Å². The lowest BCUT2D eigenvalue weighted by Gasteiger charge is -2.29. The van der Waals surface area contributed by atoms with Crippen LogP contribution in [0.4, 0.5) is 0 Å². The van der Waals surface area contributed by atoms with Crippen molar-refractivity contribution < 1.29 is 49.1 Å². The highest BCUT2D eigenvalue weighted by Gasteiger charge is 2.33. The third kappa shape index (κ3) is 60.4. The van der Waals surface area contributed by atoms with Crippen molar-refractivity contribution in [3.63, 3.8) is 0 Å². The molecule has 0 radical (unpaired) electrons. The van der Waals surface area contributed by atoms with E-state index in [1.165, 1.54) is 257 Å². The highest BCUT2D eigenvalue weighted by atomic mass is 16.5. The average molecular weight is 1360 g/mol. The molecule has 6 unspecified atom stereocenters. The number of nitrogens with zero attached hydrogens (tertiary/aromatic N) is 2. The Labute approximate surface area is 592 Å². The van der Waals surface area contributed by atoms with E-state index in [2.05, 4.69) is 48.1 Å². The molecule has 0 saturated carbocycles. The van der Waals surface area contributed by atoms with Crippen molar-refractivity contribution in [2.24, 2.45) is 0 Å². The normalized spacial score (nSPS) is 15.5. The lowest BCUT2D eigenvalue weighted by molar-refractivity contribution is -0.147. The fraction of sp³-hybridized carbons (Fsp3) is 0.951. The number of nitrogens with one attached hydrogen (secondary N) is 2. The first-order valence-corrected chi connectivity index (χ1v) is 42.0. The molecule has 0 aromatic heterocycles. The number of aliphatic hydroxyl groups is 4. The van der Waals surface area contributed by atoms with Gasteiger partial charge in [0.2, 0.25) is 11.8 Å². The summed E-state index contributed by atoms with van der Waals surface area (Å²) in [7, 11) is 0. The maximum Gasteiger partial charge on any atom is 0.305 e. The molecule has 6 atom stereocenters. The topological polar surface area (TPSA) is 198 Å². The Morgan fingerprint density at radius 2 is 0.510 bits per heavy atom. The van der Waals surface area contributed by atoms with Crippen LogP contribution in [0.15, 0.2) is 0 Å². The van der Waals surface area contributed by atoms with Crippen molar-refractivity contribution in [2.45, 2.75) is 449 Å². The van der Waals surface area contributed by atoms with E-state index in [9.17, 15) is 39.6 Å². The molecule has 2 amide bonds. The van der Waals surface area contributed by atoms with E-state index in [0.717, 1.165) is 89.9 Å². The number of aliphatic hydroxyl groups excluding tert-OH is 4. The highest BCUT2D eigenvalue weighted by Crippen LogP contribution is 2.20. The van der Waals surface area contributed by atoms with Gasteiger partial charge in [-0.2, -0.15) is 0 Å². The molecule has 14 nitrogen and oxygen atoms in total. The molecule has 14 heteroatoms. The van der Waals surface area contributed by atoms with Gasteiger partial charge in [0.1, 0.15) is 12.1 Å². The van der Waals surface area contributed by atoms with E-state index in [-0.39, 0.29) is 62.7 Å². The molecule has 1 fully saturated rings. The van der Waals surface area contributed by atoms with Gasteiger partial charge in [-0.3, -0.25) is 29.0 Å². The fourth-order valence-corrected chi connectivity index (χ4v) is 14.0. The average Bonchev–Trinajstić information content (AvgIpc) is 1.16. The number of esters is 2. The summed E-state index contributed by atoms with van der Waals surface area (Å²) in [4.78, 5) is 56.3. The Balaban J connectivity index is 2.50. The Kier molecular flexibility index (Phi) is 66.6. The lowest BCUT2D eigenvalue weighted by atomic mass is 10.0. The quantitative estimate of drug-likeness (QED) is 0.0249. The van der Waals surface area contributed by atoms with Gasteiger partial charge in [-0.1, -0.05) is 336 Å². The number of hydrogen-bond acceptors (Lipinski definition) is 12. The minimum absolute atomic E-state index is 0.0138. The van der Waals surface area contributed by atoms with Gasteiger partial charge >= 0.3 is 11.9 Å². The Morgan fingerprint density at radius 3 is 0.719 bits per heavy atom. The largest absolute Gasteiger partial charge is 0.466 e. The Morgan fingerprint density at radius 1 is 0.312 bits per heavy atom. The van der Waals surface area contributed by atoms with Gasteiger partial charge in [0.15, 0.2) is 0 Å². The molecule has 0 aromatic rings. The minimum Gasteiger partial charge on any atom is -0.466 e. The van der Waals surface area contributed by atoms with E-state index < -0.39 is 36.5 Å². The van der Waals surface area contributed by atoms with Crippen LogP contribution in [0.2, 0.25) is 0 Å². The number of rotatable bonds is 76. The number of unbranched alkanes of at least 4 members (excludes halogenated alkanes) is 46. The summed E-state index contributed by atoms with van der Waals surface area (Å²) in [5.74, 6) is -1.46. The summed E-state index contributed by atoms with van der Waals surface area (Å²) in [6, 6.07) is -1.68. The molecular formula is C82H160N4O10. The predicted molar refractivity (Wildman–Crippen MR) is 402 cm³/mol. The summed E-state index contributed by atoms with van der Waals surface area (Å²) in [6.07, 6.45) is 66.0. The van der Waals surface area contributed by atoms with Gasteiger partial charge in [-0.15, -0.1) is 0 Å². The van der Waals surface area contributed by atoms with Gasteiger partial charge in [-0.25, -0.2) is 0 Å². The predicted octanol–water partition coefficient (Wildman–Crippen LogP) is 19.6. The van der Waals surface area contributed by atoms with Crippen LogP contribution < -0.4 is 10.6 Å². The van der Waals surface area contributed by atoms with Crippen LogP contribution in [0.25, 0.3) is 0 Å². The second-order valence-electron chi connectivity index (χ2n) is 29.9. The van der Waals surface area contributed by atoms with Crippen molar-refractivity contribution in [1.29, 1.82) is 0 Å². The van der Waals surface area contributed by atoms with Crippen molar-refractivity contribution in [3.8, 4) is 0 Å². The molecule has 6 N–H and O–H groups in total. The second kappa shape index (κ2) is 69.7. The summed E-state index contributed by atoms with van der Waals surface area (Å²) in [6.45, 7) is 12.4. The van der Waals surface area contributed by atoms with Crippen LogP contribution >= 0.6 is 0 Å². The maximum atomic E-state index is 13.1. The van der Waals surface area contributed by atoms with Crippen LogP contribution in [-0.2, 0) is 28.7 Å². The number of carbonyl (C=O) groups excluding carboxylic acids is 4. The van der Waals surface area contributed by atoms with Crippen molar-refractivity contribution in [2.75, 3.05) is 52.5 Å². The van der Waals surface area contributed by atoms with Crippen molar-refractivity contribution >= 4 is 23.8 Å².